The number of nitrogens with two attached hydrogens (primary N) is 2. The topological polar surface area (TPSA) is 158 Å². The SMILES string of the molecule is N=C(N)NCCC[C@H](N)C(=O)O.O=c1[nH]c2ccccc2cc1F. The van der Waals surface area contributed by atoms with Crippen molar-refractivity contribution in [1.29, 1.82) is 5.41 Å². The summed E-state index contributed by atoms with van der Waals surface area (Å²) in [5, 5.41) is 18.4. The van der Waals surface area contributed by atoms with Gasteiger partial charge in [-0.05, 0) is 25.0 Å². The van der Waals surface area contributed by atoms with Gasteiger partial charge in [0, 0.05) is 17.4 Å². The van der Waals surface area contributed by atoms with E-state index in [0.29, 0.717) is 30.3 Å². The molecule has 0 bridgehead atoms. The zero-order valence-corrected chi connectivity index (χ0v) is 12.9. The van der Waals surface area contributed by atoms with Crippen LogP contribution in [0, 0.1) is 11.2 Å². The lowest BCUT2D eigenvalue weighted by atomic mass is 10.2. The van der Waals surface area contributed by atoms with E-state index in [9.17, 15) is 14.0 Å². The highest BCUT2D eigenvalue weighted by Gasteiger charge is 2.09. The average molecular weight is 337 g/mol. The van der Waals surface area contributed by atoms with Crippen LogP contribution in [-0.4, -0.2) is 34.6 Å². The number of hydrogen-bond acceptors (Lipinski definition) is 4. The van der Waals surface area contributed by atoms with Crippen LogP contribution in [-0.2, 0) is 4.79 Å². The Morgan fingerprint density at radius 1 is 1.42 bits per heavy atom. The van der Waals surface area contributed by atoms with Crippen molar-refractivity contribution in [3.8, 4) is 0 Å². The van der Waals surface area contributed by atoms with E-state index in [4.69, 9.17) is 22.0 Å². The molecule has 0 radical (unpaired) electrons. The van der Waals surface area contributed by atoms with Crippen LogP contribution in [0.5, 0.6) is 0 Å². The van der Waals surface area contributed by atoms with Crippen LogP contribution in [0.3, 0.4) is 0 Å². The van der Waals surface area contributed by atoms with Crippen molar-refractivity contribution in [2.75, 3.05) is 6.54 Å². The molecule has 0 aliphatic heterocycles. The maximum atomic E-state index is 12.7. The predicted octanol–water partition coefficient (Wildman–Crippen LogP) is 0.329. The number of carbonyl (C=O) groups is 1. The first kappa shape index (κ1) is 19.1. The largest absolute Gasteiger partial charge is 0.480 e. The number of H-pyrrole nitrogens is 1. The average Bonchev–Trinajstić information content (AvgIpc) is 2.52. The summed E-state index contributed by atoms with van der Waals surface area (Å²) in [5.41, 5.74) is 10.2. The lowest BCUT2D eigenvalue weighted by Crippen LogP contribution is -2.34. The maximum Gasteiger partial charge on any atom is 0.320 e. The molecule has 0 spiro atoms. The molecule has 130 valence electrons. The van der Waals surface area contributed by atoms with Gasteiger partial charge < -0.3 is 26.9 Å². The fraction of sp³-hybridized carbons (Fsp3) is 0.267. The monoisotopic (exact) mass is 337 g/mol. The molecule has 1 aromatic carbocycles. The van der Waals surface area contributed by atoms with E-state index in [-0.39, 0.29) is 5.96 Å². The zero-order chi connectivity index (χ0) is 18.1. The second-order valence-electron chi connectivity index (χ2n) is 4.96. The highest BCUT2D eigenvalue weighted by Crippen LogP contribution is 2.08. The number of rotatable bonds is 5. The minimum absolute atomic E-state index is 0.112. The molecule has 8 nitrogen and oxygen atoms in total. The first-order valence-corrected chi connectivity index (χ1v) is 7.15. The third-order valence-corrected chi connectivity index (χ3v) is 3.03. The molecule has 0 fully saturated rings. The van der Waals surface area contributed by atoms with Gasteiger partial charge in [-0.1, -0.05) is 18.2 Å². The molecule has 2 aromatic rings. The van der Waals surface area contributed by atoms with Gasteiger partial charge in [0.25, 0.3) is 5.56 Å². The van der Waals surface area contributed by atoms with Crippen LogP contribution in [0.25, 0.3) is 10.9 Å². The van der Waals surface area contributed by atoms with Gasteiger partial charge in [-0.15, -0.1) is 0 Å². The Balaban J connectivity index is 0.000000240. The number of benzene rings is 1. The van der Waals surface area contributed by atoms with E-state index in [0.717, 1.165) is 0 Å². The smallest absolute Gasteiger partial charge is 0.320 e. The summed E-state index contributed by atoms with van der Waals surface area (Å²) < 4.78 is 12.7. The van der Waals surface area contributed by atoms with Crippen LogP contribution in [0.15, 0.2) is 35.1 Å². The number of pyridine rings is 1. The number of hydrogen-bond donors (Lipinski definition) is 6. The molecular formula is C15H20FN5O3. The first-order chi connectivity index (χ1) is 11.3. The number of carboxylic acid groups (broad SMARTS) is 1. The Hall–Kier alpha value is -2.94. The summed E-state index contributed by atoms with van der Waals surface area (Å²) in [7, 11) is 0. The minimum Gasteiger partial charge on any atom is -0.480 e. The Bertz CT molecular complexity index is 762. The zero-order valence-electron chi connectivity index (χ0n) is 12.9. The van der Waals surface area contributed by atoms with E-state index in [1.807, 2.05) is 0 Å². The van der Waals surface area contributed by atoms with Crippen molar-refractivity contribution < 1.29 is 14.3 Å². The molecule has 0 aliphatic carbocycles. The molecule has 2 rings (SSSR count). The van der Waals surface area contributed by atoms with Crippen LogP contribution in [0.2, 0.25) is 0 Å². The fourth-order valence-corrected chi connectivity index (χ4v) is 1.79. The van der Waals surface area contributed by atoms with Crippen molar-refractivity contribution in [3.63, 3.8) is 0 Å². The molecular weight excluding hydrogens is 317 g/mol. The second kappa shape index (κ2) is 9.26. The molecule has 0 saturated heterocycles. The Kier molecular flexibility index (Phi) is 7.37. The fourth-order valence-electron chi connectivity index (χ4n) is 1.79. The van der Waals surface area contributed by atoms with Gasteiger partial charge in [0.1, 0.15) is 6.04 Å². The normalized spacial score (nSPS) is 11.2. The lowest BCUT2D eigenvalue weighted by Gasteiger charge is -2.06. The van der Waals surface area contributed by atoms with Gasteiger partial charge in [-0.2, -0.15) is 0 Å². The number of carboxylic acids is 1. The van der Waals surface area contributed by atoms with Gasteiger partial charge in [-0.25, -0.2) is 4.39 Å². The first-order valence-electron chi connectivity index (χ1n) is 7.15. The molecule has 1 atom stereocenters. The highest BCUT2D eigenvalue weighted by atomic mass is 19.1. The maximum absolute atomic E-state index is 12.7. The van der Waals surface area contributed by atoms with Gasteiger partial charge in [0.2, 0.25) is 0 Å². The molecule has 0 unspecified atom stereocenters. The molecule has 1 aromatic heterocycles. The Labute approximate surface area is 137 Å². The molecule has 9 heteroatoms. The van der Waals surface area contributed by atoms with Crippen molar-refractivity contribution in [2.45, 2.75) is 18.9 Å². The molecule has 8 N–H and O–H groups in total. The summed E-state index contributed by atoms with van der Waals surface area (Å²) in [6.45, 7) is 0.482. The summed E-state index contributed by atoms with van der Waals surface area (Å²) in [5.74, 6) is -1.86. The second-order valence-corrected chi connectivity index (χ2v) is 4.96. The molecule has 0 aliphatic rings. The van der Waals surface area contributed by atoms with Crippen molar-refractivity contribution >= 4 is 22.8 Å². The number of aromatic nitrogens is 1. The number of halogens is 1. The van der Waals surface area contributed by atoms with E-state index >= 15 is 0 Å². The molecule has 24 heavy (non-hydrogen) atoms. The van der Waals surface area contributed by atoms with Gasteiger partial charge >= 0.3 is 5.97 Å². The number of aliphatic carboxylic acids is 1. The summed E-state index contributed by atoms with van der Waals surface area (Å²) >= 11 is 0. The third kappa shape index (κ3) is 6.44. The highest BCUT2D eigenvalue weighted by molar-refractivity contribution is 5.78. The van der Waals surface area contributed by atoms with E-state index < -0.39 is 23.4 Å². The summed E-state index contributed by atoms with van der Waals surface area (Å²) in [6, 6.07) is 7.47. The number of aromatic amines is 1. The van der Waals surface area contributed by atoms with E-state index in [2.05, 4.69) is 10.3 Å². The molecule has 0 amide bonds. The molecule has 0 saturated carbocycles. The van der Waals surface area contributed by atoms with Crippen LogP contribution >= 0.6 is 0 Å². The van der Waals surface area contributed by atoms with Crippen molar-refractivity contribution in [2.24, 2.45) is 11.5 Å². The quantitative estimate of drug-likeness (QED) is 0.262. The summed E-state index contributed by atoms with van der Waals surface area (Å²) in [4.78, 5) is 23.4. The Morgan fingerprint density at radius 2 is 2.08 bits per heavy atom. The van der Waals surface area contributed by atoms with Gasteiger partial charge in [0.05, 0.1) is 0 Å². The number of nitrogens with one attached hydrogen (secondary N) is 3. The lowest BCUT2D eigenvalue weighted by molar-refractivity contribution is -0.138. The van der Waals surface area contributed by atoms with Crippen LogP contribution in [0.4, 0.5) is 4.39 Å². The minimum atomic E-state index is -1.00. The van der Waals surface area contributed by atoms with Crippen molar-refractivity contribution in [1.82, 2.24) is 10.3 Å². The standard InChI is InChI=1S/C9H6FNO.C6H14N4O2/c10-7-5-6-3-1-2-4-8(6)11-9(7)12;7-4(5(11)12)2-1-3-10-6(8)9/h1-5H,(H,11,12);4H,1-3,7H2,(H,11,12)(H4,8,9,10)/t;4-/m.0/s1. The van der Waals surface area contributed by atoms with Crippen LogP contribution < -0.4 is 22.3 Å². The Morgan fingerprint density at radius 3 is 2.71 bits per heavy atom. The van der Waals surface area contributed by atoms with Crippen molar-refractivity contribution in [3.05, 3.63) is 46.5 Å². The third-order valence-electron chi connectivity index (χ3n) is 3.03. The van der Waals surface area contributed by atoms with Crippen LogP contribution in [0.1, 0.15) is 12.8 Å². The molecule has 1 heterocycles. The number of guanidine groups is 1. The van der Waals surface area contributed by atoms with E-state index in [1.54, 1.807) is 24.3 Å². The van der Waals surface area contributed by atoms with Gasteiger partial charge in [-0.3, -0.25) is 15.0 Å². The van der Waals surface area contributed by atoms with Gasteiger partial charge in [0.15, 0.2) is 11.8 Å². The predicted molar refractivity (Wildman–Crippen MR) is 89.3 cm³/mol. The number of para-hydroxylation sites is 1. The summed E-state index contributed by atoms with van der Waals surface area (Å²) in [6.07, 6.45) is 0.975. The number of fused-ring (bicyclic) bond motifs is 1. The van der Waals surface area contributed by atoms with E-state index in [1.165, 1.54) is 6.07 Å².